The summed E-state index contributed by atoms with van der Waals surface area (Å²) in [6.07, 6.45) is 5.17. The number of fused-ring (bicyclic) bond motifs is 1. The maximum absolute atomic E-state index is 13.3. The van der Waals surface area contributed by atoms with Crippen molar-refractivity contribution in [2.45, 2.75) is 50.8 Å². The first kappa shape index (κ1) is 22.9. The van der Waals surface area contributed by atoms with Crippen LogP contribution in [0.25, 0.3) is 0 Å². The SMILES string of the molecule is CC1(C)O[C@@H]2[C@@H](CN)C[C@@H](Nc3ncncc3C(=O)c3ccn(Cc4cccc(Cl)c4)n3)[C@@H]2O1. The Hall–Kier alpha value is -2.85. The minimum absolute atomic E-state index is 0.0952. The van der Waals surface area contributed by atoms with Crippen molar-refractivity contribution < 1.29 is 14.3 Å². The van der Waals surface area contributed by atoms with Crippen molar-refractivity contribution in [2.24, 2.45) is 11.7 Å². The Morgan fingerprint density at radius 3 is 2.91 bits per heavy atom. The lowest BCUT2D eigenvalue weighted by atomic mass is 10.1. The van der Waals surface area contributed by atoms with Crippen molar-refractivity contribution >= 4 is 23.2 Å². The van der Waals surface area contributed by atoms with E-state index < -0.39 is 5.79 Å². The van der Waals surface area contributed by atoms with Crippen molar-refractivity contribution in [1.29, 1.82) is 0 Å². The van der Waals surface area contributed by atoms with Gasteiger partial charge in [-0.15, -0.1) is 0 Å². The maximum Gasteiger partial charge on any atom is 0.218 e. The highest BCUT2D eigenvalue weighted by atomic mass is 35.5. The fraction of sp³-hybridized carbons (Fsp3) is 0.417. The summed E-state index contributed by atoms with van der Waals surface area (Å²) >= 11 is 6.07. The third-order valence-corrected chi connectivity index (χ3v) is 6.51. The molecule has 4 atom stereocenters. The molecule has 1 aliphatic carbocycles. The number of ether oxygens (including phenoxy) is 2. The number of nitrogens with two attached hydrogens (primary N) is 1. The van der Waals surface area contributed by atoms with E-state index in [4.69, 9.17) is 26.8 Å². The second kappa shape index (κ2) is 9.07. The molecule has 9 nitrogen and oxygen atoms in total. The molecule has 34 heavy (non-hydrogen) atoms. The number of carbonyl (C=O) groups excluding carboxylic acids is 1. The van der Waals surface area contributed by atoms with Crippen LogP contribution in [0.2, 0.25) is 5.02 Å². The number of ketones is 1. The standard InChI is InChI=1S/C24H27ClN6O3/c1-24(2)33-21-15(10-26)9-19(22(21)34-24)29-23-17(11-27-13-28-23)20(32)18-6-7-31(30-18)12-14-4-3-5-16(25)8-14/h3-8,11,13,15,19,21-22H,9-10,12,26H2,1-2H3,(H,27,28,29)/t15-,19-,21-,22+/m1/s1. The monoisotopic (exact) mass is 482 g/mol. The summed E-state index contributed by atoms with van der Waals surface area (Å²) in [5.74, 6) is -0.336. The summed E-state index contributed by atoms with van der Waals surface area (Å²) in [6, 6.07) is 9.13. The molecule has 2 aliphatic rings. The lowest BCUT2D eigenvalue weighted by Crippen LogP contribution is -2.35. The first-order chi connectivity index (χ1) is 16.3. The Morgan fingerprint density at radius 1 is 1.29 bits per heavy atom. The van der Waals surface area contributed by atoms with Gasteiger partial charge >= 0.3 is 0 Å². The molecule has 0 unspecified atom stereocenters. The van der Waals surface area contributed by atoms with E-state index in [-0.39, 0.29) is 30.0 Å². The summed E-state index contributed by atoms with van der Waals surface area (Å²) in [7, 11) is 0. The molecule has 1 saturated carbocycles. The van der Waals surface area contributed by atoms with Gasteiger partial charge in [-0.3, -0.25) is 9.48 Å². The molecule has 2 fully saturated rings. The fourth-order valence-electron chi connectivity index (χ4n) is 4.78. The molecule has 1 aliphatic heterocycles. The maximum atomic E-state index is 13.3. The average Bonchev–Trinajstić information content (AvgIpc) is 3.47. The molecule has 1 aromatic carbocycles. The zero-order chi connectivity index (χ0) is 23.9. The van der Waals surface area contributed by atoms with Gasteiger partial charge in [-0.1, -0.05) is 23.7 Å². The third kappa shape index (κ3) is 4.56. The van der Waals surface area contributed by atoms with Crippen LogP contribution in [0.15, 0.2) is 49.1 Å². The number of nitrogens with zero attached hydrogens (tertiary/aromatic N) is 4. The predicted octanol–water partition coefficient (Wildman–Crippen LogP) is 2.88. The number of carbonyl (C=O) groups is 1. The van der Waals surface area contributed by atoms with E-state index in [1.165, 1.54) is 12.5 Å². The number of aromatic nitrogens is 4. The van der Waals surface area contributed by atoms with Crippen LogP contribution in [0.4, 0.5) is 5.82 Å². The zero-order valence-corrected chi connectivity index (χ0v) is 19.8. The van der Waals surface area contributed by atoms with Gasteiger partial charge in [0.2, 0.25) is 5.78 Å². The van der Waals surface area contributed by atoms with E-state index in [2.05, 4.69) is 20.4 Å². The van der Waals surface area contributed by atoms with E-state index in [0.717, 1.165) is 12.0 Å². The quantitative estimate of drug-likeness (QED) is 0.494. The van der Waals surface area contributed by atoms with Crippen LogP contribution in [0, 0.1) is 5.92 Å². The Bertz CT molecular complexity index is 1200. The topological polar surface area (TPSA) is 117 Å². The zero-order valence-electron chi connectivity index (χ0n) is 19.0. The predicted molar refractivity (Wildman–Crippen MR) is 127 cm³/mol. The van der Waals surface area contributed by atoms with Gasteiger partial charge < -0.3 is 20.5 Å². The summed E-state index contributed by atoms with van der Waals surface area (Å²) in [6.45, 7) is 4.80. The van der Waals surface area contributed by atoms with Crippen molar-refractivity contribution in [2.75, 3.05) is 11.9 Å². The minimum atomic E-state index is -0.677. The molecule has 3 aromatic rings. The van der Waals surface area contributed by atoms with Crippen molar-refractivity contribution in [1.82, 2.24) is 19.7 Å². The van der Waals surface area contributed by atoms with Crippen molar-refractivity contribution in [3.05, 3.63) is 70.9 Å². The number of rotatable bonds is 7. The molecule has 0 bridgehead atoms. The molecule has 2 aromatic heterocycles. The molecule has 178 valence electrons. The summed E-state index contributed by atoms with van der Waals surface area (Å²) in [5.41, 5.74) is 7.64. The van der Waals surface area contributed by atoms with E-state index in [9.17, 15) is 4.79 Å². The Labute approximate surface area is 202 Å². The number of hydrogen-bond acceptors (Lipinski definition) is 8. The second-order valence-corrected chi connectivity index (χ2v) is 9.63. The van der Waals surface area contributed by atoms with Gasteiger partial charge in [-0.2, -0.15) is 5.10 Å². The number of halogens is 1. The van der Waals surface area contributed by atoms with Crippen LogP contribution in [-0.2, 0) is 16.0 Å². The normalized spacial score (nSPS) is 25.3. The van der Waals surface area contributed by atoms with Crippen LogP contribution in [-0.4, -0.2) is 56.1 Å². The molecular formula is C24H27ClN6O3. The molecule has 0 radical (unpaired) electrons. The van der Waals surface area contributed by atoms with Gasteiger partial charge in [0.25, 0.3) is 0 Å². The number of nitrogens with one attached hydrogen (secondary N) is 1. The lowest BCUT2D eigenvalue weighted by molar-refractivity contribution is -0.156. The van der Waals surface area contributed by atoms with Crippen LogP contribution in [0.1, 0.15) is 41.9 Å². The van der Waals surface area contributed by atoms with Crippen LogP contribution >= 0.6 is 11.6 Å². The molecule has 3 N–H and O–H groups in total. The van der Waals surface area contributed by atoms with Gasteiger partial charge in [0.15, 0.2) is 5.79 Å². The van der Waals surface area contributed by atoms with Gasteiger partial charge in [0.1, 0.15) is 23.9 Å². The summed E-state index contributed by atoms with van der Waals surface area (Å²) in [4.78, 5) is 21.7. The summed E-state index contributed by atoms with van der Waals surface area (Å²) < 4.78 is 13.9. The highest BCUT2D eigenvalue weighted by Crippen LogP contribution is 2.42. The molecule has 0 amide bonds. The first-order valence-electron chi connectivity index (χ1n) is 11.3. The van der Waals surface area contributed by atoms with Crippen LogP contribution in [0.3, 0.4) is 0 Å². The van der Waals surface area contributed by atoms with E-state index in [0.29, 0.717) is 35.2 Å². The average molecular weight is 483 g/mol. The molecule has 1 saturated heterocycles. The highest BCUT2D eigenvalue weighted by Gasteiger charge is 2.53. The minimum Gasteiger partial charge on any atom is -0.364 e. The Morgan fingerprint density at radius 2 is 2.12 bits per heavy atom. The Kier molecular flexibility index (Phi) is 6.11. The highest BCUT2D eigenvalue weighted by molar-refractivity contribution is 6.30. The largest absolute Gasteiger partial charge is 0.364 e. The van der Waals surface area contributed by atoms with Crippen LogP contribution in [0.5, 0.6) is 0 Å². The fourth-order valence-corrected chi connectivity index (χ4v) is 4.99. The molecular weight excluding hydrogens is 456 g/mol. The number of benzene rings is 1. The van der Waals surface area contributed by atoms with E-state index in [1.54, 1.807) is 16.9 Å². The Balaban J connectivity index is 1.34. The van der Waals surface area contributed by atoms with Crippen LogP contribution < -0.4 is 11.1 Å². The van der Waals surface area contributed by atoms with Gasteiger partial charge in [-0.25, -0.2) is 9.97 Å². The lowest BCUT2D eigenvalue weighted by Gasteiger charge is -2.24. The van der Waals surface area contributed by atoms with Gasteiger partial charge in [-0.05, 0) is 50.6 Å². The first-order valence-corrected chi connectivity index (χ1v) is 11.7. The van der Waals surface area contributed by atoms with E-state index >= 15 is 0 Å². The number of hydrogen-bond donors (Lipinski definition) is 2. The summed E-state index contributed by atoms with van der Waals surface area (Å²) in [5, 5.41) is 8.52. The van der Waals surface area contributed by atoms with Gasteiger partial charge in [0.05, 0.1) is 24.3 Å². The van der Waals surface area contributed by atoms with E-state index in [1.807, 2.05) is 38.1 Å². The van der Waals surface area contributed by atoms with Crippen molar-refractivity contribution in [3.63, 3.8) is 0 Å². The third-order valence-electron chi connectivity index (χ3n) is 6.27. The van der Waals surface area contributed by atoms with Crippen molar-refractivity contribution in [3.8, 4) is 0 Å². The molecule has 3 heterocycles. The number of anilines is 1. The second-order valence-electron chi connectivity index (χ2n) is 9.19. The van der Waals surface area contributed by atoms with Gasteiger partial charge in [0, 0.05) is 23.3 Å². The molecule has 0 spiro atoms. The smallest absolute Gasteiger partial charge is 0.218 e. The molecule has 10 heteroatoms. The molecule has 5 rings (SSSR count).